The van der Waals surface area contributed by atoms with Gasteiger partial charge in [0.25, 0.3) is 0 Å². The van der Waals surface area contributed by atoms with Crippen molar-refractivity contribution >= 4 is 59.1 Å². The highest BCUT2D eigenvalue weighted by atomic mass is 35.5. The number of esters is 2. The van der Waals surface area contributed by atoms with E-state index in [0.29, 0.717) is 49.9 Å². The Morgan fingerprint density at radius 1 is 0.958 bits per heavy atom. The second-order valence-corrected chi connectivity index (χ2v) is 19.0. The molecule has 0 unspecified atom stereocenters. The number of methoxy groups -OCH3 is 1. The molecule has 0 aliphatic heterocycles. The van der Waals surface area contributed by atoms with Crippen LogP contribution >= 0.6 is 11.6 Å². The Balaban J connectivity index is 0.000000430. The topological polar surface area (TPSA) is 335 Å². The van der Waals surface area contributed by atoms with E-state index in [0.717, 1.165) is 17.7 Å². The van der Waals surface area contributed by atoms with Crippen molar-refractivity contribution in [3.63, 3.8) is 0 Å². The van der Waals surface area contributed by atoms with Gasteiger partial charge in [0.1, 0.15) is 11.5 Å². The average Bonchev–Trinajstić information content (AvgIpc) is 3.53. The molecular formula is C51H69ClN2O17. The van der Waals surface area contributed by atoms with Crippen molar-refractivity contribution in [3.8, 4) is 11.5 Å². The molecule has 71 heavy (non-hydrogen) atoms. The van der Waals surface area contributed by atoms with Crippen molar-refractivity contribution in [2.45, 2.75) is 115 Å². The van der Waals surface area contributed by atoms with Gasteiger partial charge in [0.05, 0.1) is 29.9 Å². The summed E-state index contributed by atoms with van der Waals surface area (Å²) in [5.74, 6) is -3.96. The summed E-state index contributed by atoms with van der Waals surface area (Å²) in [7, 11) is 1.64. The highest BCUT2D eigenvalue weighted by Gasteiger charge is 2.76. The van der Waals surface area contributed by atoms with Crippen LogP contribution in [-0.2, 0) is 49.5 Å². The molecule has 1 amide bonds. The number of amides is 1. The Bertz CT molecular complexity index is 2300. The number of Topliss-reactive ketones (excluding diaryl/α,β-unsaturated/α-hetero) is 1. The van der Waals surface area contributed by atoms with Gasteiger partial charge >= 0.3 is 23.9 Å². The highest BCUT2D eigenvalue weighted by molar-refractivity contribution is 6.26. The zero-order chi connectivity index (χ0) is 51.5. The number of hydrogen-bond acceptors (Lipinski definition) is 14. The number of benzene rings is 2. The molecule has 3 fully saturated rings. The molecule has 11 N–H and O–H groups in total. The first-order valence-electron chi connectivity index (χ1n) is 22.9. The number of allylic oxidation sites excluding steroid dienone is 4. The number of rotatable bonds is 17. The maximum Gasteiger partial charge on any atom is 0.328 e. The first kappa shape index (κ1) is 61.2. The van der Waals surface area contributed by atoms with Gasteiger partial charge in [-0.3, -0.25) is 24.0 Å². The monoisotopic (exact) mass is 1020 g/mol. The lowest BCUT2D eigenvalue weighted by molar-refractivity contribution is -0.203. The van der Waals surface area contributed by atoms with Crippen molar-refractivity contribution in [1.29, 1.82) is 0 Å². The van der Waals surface area contributed by atoms with E-state index in [4.69, 9.17) is 36.0 Å². The maximum atomic E-state index is 13.9. The van der Waals surface area contributed by atoms with Crippen molar-refractivity contribution in [1.82, 2.24) is 5.32 Å². The van der Waals surface area contributed by atoms with E-state index in [1.807, 2.05) is 58.0 Å². The molecule has 0 spiro atoms. The summed E-state index contributed by atoms with van der Waals surface area (Å²) >= 11 is 7.48. The number of carboxylic acids is 2. The summed E-state index contributed by atoms with van der Waals surface area (Å²) in [5, 5.41) is 53.0. The number of aliphatic hydroxyl groups is 2. The minimum atomic E-state index is -1.55. The number of alkyl halides is 1. The molecule has 0 saturated heterocycles. The number of phenols is 1. The highest BCUT2D eigenvalue weighted by Crippen LogP contribution is 2.72. The van der Waals surface area contributed by atoms with Crippen LogP contribution in [0.2, 0.25) is 0 Å². The number of halogens is 1. The van der Waals surface area contributed by atoms with Gasteiger partial charge in [0, 0.05) is 54.3 Å². The zero-order valence-corrected chi connectivity index (χ0v) is 41.8. The minimum absolute atomic E-state index is 0. The molecule has 20 heteroatoms. The van der Waals surface area contributed by atoms with E-state index in [9.17, 15) is 48.9 Å². The van der Waals surface area contributed by atoms with Crippen molar-refractivity contribution in [3.05, 3.63) is 89.5 Å². The Labute approximate surface area is 417 Å². The quantitative estimate of drug-likeness (QED) is 0.0380. The molecule has 2 aromatic carbocycles. The summed E-state index contributed by atoms with van der Waals surface area (Å²) in [5.41, 5.74) is -0.196. The Hall–Kier alpha value is -5.96. The van der Waals surface area contributed by atoms with Crippen LogP contribution in [0.3, 0.4) is 0 Å². The molecule has 0 bridgehead atoms. The number of nitrogens with one attached hydrogen (secondary N) is 2. The van der Waals surface area contributed by atoms with Crippen molar-refractivity contribution in [2.75, 3.05) is 25.6 Å². The third-order valence-corrected chi connectivity index (χ3v) is 15.1. The van der Waals surface area contributed by atoms with Gasteiger partial charge in [0.15, 0.2) is 18.0 Å². The number of carbonyl (C=O) groups excluding carboxylic acids is 5. The summed E-state index contributed by atoms with van der Waals surface area (Å²) in [6, 6.07) is 12.7. The molecule has 0 radical (unpaired) electrons. The van der Waals surface area contributed by atoms with Crippen LogP contribution in [-0.4, -0.2) is 121 Å². The van der Waals surface area contributed by atoms with E-state index < -0.39 is 69.8 Å². The van der Waals surface area contributed by atoms with Crippen LogP contribution in [0.5, 0.6) is 11.5 Å². The van der Waals surface area contributed by atoms with Gasteiger partial charge < -0.3 is 61.3 Å². The lowest BCUT2D eigenvalue weighted by atomic mass is 9.45. The second kappa shape index (κ2) is 25.9. The van der Waals surface area contributed by atoms with Crippen LogP contribution in [0, 0.1) is 28.6 Å². The van der Waals surface area contributed by atoms with E-state index in [1.165, 1.54) is 17.7 Å². The summed E-state index contributed by atoms with van der Waals surface area (Å²) in [6.07, 6.45) is 7.86. The van der Waals surface area contributed by atoms with Crippen LogP contribution in [0.25, 0.3) is 0 Å². The molecule has 392 valence electrons. The Morgan fingerprint density at radius 3 is 2.14 bits per heavy atom. The molecule has 10 atom stereocenters. The fourth-order valence-electron chi connectivity index (χ4n) is 10.7. The van der Waals surface area contributed by atoms with E-state index >= 15 is 0 Å². The summed E-state index contributed by atoms with van der Waals surface area (Å²) in [4.78, 5) is 79.1. The first-order valence-corrected chi connectivity index (χ1v) is 23.3. The number of hydrogen-bond donors (Lipinski definition) is 7. The molecule has 4 aliphatic carbocycles. The van der Waals surface area contributed by atoms with Gasteiger partial charge in [-0.2, -0.15) is 0 Å². The lowest BCUT2D eigenvalue weighted by Gasteiger charge is -2.64. The van der Waals surface area contributed by atoms with Crippen LogP contribution in [0.4, 0.5) is 5.69 Å². The lowest BCUT2D eigenvalue weighted by Crippen LogP contribution is -2.69. The van der Waals surface area contributed by atoms with Gasteiger partial charge in [-0.25, -0.2) is 9.59 Å². The third kappa shape index (κ3) is 13.3. The number of phenolic OH excluding ortho intramolecular Hbond substituents is 1. The fraction of sp³-hybridized carbons (Fsp3) is 0.510. The number of fused-ring (bicyclic) bond motifs is 5. The normalized spacial score (nSPS) is 27.5. The number of carboxylic acid groups (broad SMARTS) is 2. The smallest absolute Gasteiger partial charge is 0.328 e. The van der Waals surface area contributed by atoms with E-state index in [1.54, 1.807) is 39.2 Å². The summed E-state index contributed by atoms with van der Waals surface area (Å²) in [6.45, 7) is 11.0. The molecular weight excluding hydrogens is 948 g/mol. The molecule has 2 aromatic rings. The van der Waals surface area contributed by atoms with Gasteiger partial charge in [-0.1, -0.05) is 64.5 Å². The number of ether oxygens (including phenoxy) is 3. The maximum absolute atomic E-state index is 13.9. The van der Waals surface area contributed by atoms with E-state index in [2.05, 4.69) is 10.6 Å². The average molecular weight is 1020 g/mol. The minimum Gasteiger partial charge on any atom is -0.506 e. The predicted molar refractivity (Wildman–Crippen MR) is 262 cm³/mol. The van der Waals surface area contributed by atoms with Gasteiger partial charge in [-0.05, 0) is 98.4 Å². The Kier molecular flexibility index (Phi) is 22.3. The number of ketones is 2. The molecule has 0 heterocycles. The molecule has 4 aliphatic rings. The van der Waals surface area contributed by atoms with Crippen LogP contribution in [0.1, 0.15) is 97.3 Å². The molecule has 3 saturated carbocycles. The Morgan fingerprint density at radius 2 is 1.58 bits per heavy atom. The fourth-order valence-corrected chi connectivity index (χ4v) is 11.2. The number of aromatic hydroxyl groups is 1. The second-order valence-electron chi connectivity index (χ2n) is 18.3. The molecule has 0 aromatic heterocycles. The predicted octanol–water partition coefficient (Wildman–Crippen LogP) is 4.37. The molecule has 6 rings (SSSR count). The standard InChI is InChI=1S/C28H37ClO7.C19H24N2O4.C4H4O4.2H2O/c1-6-23(33)35-15-22(32)28(36-24(34)7-2)16(3)12-20-19-9-8-17-13-18(30)10-11-25(17,4)27(19,29)21(31)14-26(20,28)5;1-13(9-14-3-6-16(25-2)7-4-14)20-11-19(24)15-5-8-18(23)17(10-15)21-12-22;5-3(6)1-2-4(7)8;;/h10-11,13,16,19-21,31H,6-9,12,14-15H2,1-5H3;3-8,10,12-13,19-20,23-24H,9,11H2,1-2H3,(H,21,22);1-2H,(H,5,6)(H,7,8);2*1H2/b;;2-1+;;/t16-,19-,20-,21-,25-,26-,27-,28-;13-,19+;;;/m01.../s1. The number of carbonyl (C=O) groups is 7. The number of anilines is 1. The van der Waals surface area contributed by atoms with Crippen LogP contribution in [0.15, 0.2) is 78.4 Å². The first-order chi connectivity index (χ1) is 32.5. The SMILES string of the molecule is CCC(=O)OCC(=O)[C@@]1(OC(=O)CC)[C@@H](C)C[C@H]2[C@@H]3CCC4=CC(=O)C=C[C@]4(C)[C@@]3(Cl)[C@@H](O)C[C@@]21C.COc1ccc(C[C@@H](C)NC[C@H](O)c2ccc(O)c(NC=O)c2)cc1.O.O.O=C(O)/C=C/C(=O)O. The number of aliphatic carboxylic acids is 2. The van der Waals surface area contributed by atoms with Gasteiger partial charge in [-0.15, -0.1) is 11.6 Å². The zero-order valence-electron chi connectivity index (χ0n) is 41.0. The van der Waals surface area contributed by atoms with E-state index in [-0.39, 0.29) is 71.2 Å². The van der Waals surface area contributed by atoms with Crippen molar-refractivity contribution in [2.24, 2.45) is 28.6 Å². The molecule has 19 nitrogen and oxygen atoms in total. The van der Waals surface area contributed by atoms with Gasteiger partial charge in [0.2, 0.25) is 12.2 Å². The largest absolute Gasteiger partial charge is 0.506 e. The third-order valence-electron chi connectivity index (χ3n) is 14.2. The van der Waals surface area contributed by atoms with Crippen molar-refractivity contribution < 1.29 is 84.3 Å². The van der Waals surface area contributed by atoms with Crippen LogP contribution < -0.4 is 15.4 Å². The summed E-state index contributed by atoms with van der Waals surface area (Å²) < 4.78 is 16.4. The number of aliphatic hydroxyl groups excluding tert-OH is 2.